The van der Waals surface area contributed by atoms with Crippen LogP contribution in [0.5, 0.6) is 0 Å². The molecule has 0 unspecified atom stereocenters. The summed E-state index contributed by atoms with van der Waals surface area (Å²) in [5.74, 6) is -3.50. The van der Waals surface area contributed by atoms with E-state index in [0.717, 1.165) is 32.7 Å². The number of rotatable bonds is 6. The number of carbonyl (C=O) groups is 3. The Bertz CT molecular complexity index is 1770. The molecule has 0 saturated carbocycles. The summed E-state index contributed by atoms with van der Waals surface area (Å²) in [6, 6.07) is 30.4. The SMILES string of the molecule is O=C(Cc1ccccc1)N/N=C\C12c3ccccc3C(c3ccccc31)[C@H]1C(=O)N(c3ccccc3[N+](=O)[O-])C(=O)[C@@H]12. The molecular weight excluding hydrogens is 532 g/mol. The Morgan fingerprint density at radius 3 is 2.12 bits per heavy atom. The first-order valence-electron chi connectivity index (χ1n) is 13.6. The monoisotopic (exact) mass is 556 g/mol. The molecule has 3 aliphatic carbocycles. The Morgan fingerprint density at radius 1 is 0.857 bits per heavy atom. The molecule has 9 nitrogen and oxygen atoms in total. The summed E-state index contributed by atoms with van der Waals surface area (Å²) in [6.45, 7) is 0. The second-order valence-corrected chi connectivity index (χ2v) is 10.7. The molecule has 2 atom stereocenters. The van der Waals surface area contributed by atoms with E-state index in [9.17, 15) is 24.5 Å². The van der Waals surface area contributed by atoms with Crippen molar-refractivity contribution in [3.63, 3.8) is 0 Å². The summed E-state index contributed by atoms with van der Waals surface area (Å²) >= 11 is 0. The zero-order chi connectivity index (χ0) is 29.0. The topological polar surface area (TPSA) is 122 Å². The van der Waals surface area contributed by atoms with Crippen molar-refractivity contribution in [2.24, 2.45) is 16.9 Å². The minimum absolute atomic E-state index is 0.0531. The Kier molecular flexibility index (Phi) is 5.83. The number of nitro benzene ring substituents is 1. The number of amides is 3. The summed E-state index contributed by atoms with van der Waals surface area (Å²) in [5.41, 5.74) is 5.30. The fraction of sp³-hybridized carbons (Fsp3) is 0.152. The van der Waals surface area contributed by atoms with E-state index in [1.807, 2.05) is 78.9 Å². The lowest BCUT2D eigenvalue weighted by Gasteiger charge is -2.52. The van der Waals surface area contributed by atoms with Gasteiger partial charge in [-0.1, -0.05) is 91.0 Å². The molecule has 1 saturated heterocycles. The zero-order valence-corrected chi connectivity index (χ0v) is 22.2. The van der Waals surface area contributed by atoms with Gasteiger partial charge in [-0.2, -0.15) is 5.10 Å². The molecule has 3 amide bonds. The summed E-state index contributed by atoms with van der Waals surface area (Å²) in [4.78, 5) is 53.7. The molecule has 4 aromatic carbocycles. The van der Waals surface area contributed by atoms with Crippen LogP contribution in [0.25, 0.3) is 0 Å². The average Bonchev–Trinajstić information content (AvgIpc) is 3.28. The molecule has 0 radical (unpaired) electrons. The molecule has 1 heterocycles. The van der Waals surface area contributed by atoms with E-state index in [0.29, 0.717) is 0 Å². The van der Waals surface area contributed by atoms with E-state index in [1.165, 1.54) is 18.2 Å². The van der Waals surface area contributed by atoms with Gasteiger partial charge in [0.2, 0.25) is 17.7 Å². The van der Waals surface area contributed by atoms with Crippen LogP contribution in [0.2, 0.25) is 0 Å². The van der Waals surface area contributed by atoms with Gasteiger partial charge in [0.1, 0.15) is 5.69 Å². The van der Waals surface area contributed by atoms with Crippen LogP contribution in [0, 0.1) is 22.0 Å². The van der Waals surface area contributed by atoms with Crippen LogP contribution in [-0.2, 0) is 26.2 Å². The molecule has 1 fully saturated rings. The summed E-state index contributed by atoms with van der Waals surface area (Å²) in [5, 5.41) is 16.3. The number of para-hydroxylation sites is 2. The van der Waals surface area contributed by atoms with Crippen molar-refractivity contribution < 1.29 is 19.3 Å². The van der Waals surface area contributed by atoms with E-state index < -0.39 is 39.9 Å². The first-order valence-corrected chi connectivity index (χ1v) is 13.6. The highest BCUT2D eigenvalue weighted by Crippen LogP contribution is 2.63. The average molecular weight is 557 g/mol. The lowest BCUT2D eigenvalue weighted by atomic mass is 9.47. The smallest absolute Gasteiger partial charge is 0.274 e. The highest BCUT2D eigenvalue weighted by Gasteiger charge is 2.68. The number of hydrogen-bond acceptors (Lipinski definition) is 6. The van der Waals surface area contributed by atoms with Crippen molar-refractivity contribution in [3.05, 3.63) is 141 Å². The third-order valence-corrected chi connectivity index (χ3v) is 8.67. The molecule has 1 N–H and O–H groups in total. The quantitative estimate of drug-likeness (QED) is 0.162. The van der Waals surface area contributed by atoms with Crippen LogP contribution in [0.1, 0.15) is 33.7 Å². The fourth-order valence-corrected chi connectivity index (χ4v) is 7.12. The highest BCUT2D eigenvalue weighted by atomic mass is 16.6. The number of hydrazone groups is 1. The molecule has 0 aromatic heterocycles. The van der Waals surface area contributed by atoms with Crippen molar-refractivity contribution in [2.45, 2.75) is 17.8 Å². The maximum absolute atomic E-state index is 14.4. The van der Waals surface area contributed by atoms with Crippen molar-refractivity contribution in [3.8, 4) is 0 Å². The minimum atomic E-state index is -1.20. The van der Waals surface area contributed by atoms with Crippen molar-refractivity contribution >= 4 is 35.3 Å². The van der Waals surface area contributed by atoms with Crippen LogP contribution in [0.4, 0.5) is 11.4 Å². The third kappa shape index (κ3) is 3.56. The predicted molar refractivity (Wildman–Crippen MR) is 155 cm³/mol. The van der Waals surface area contributed by atoms with Crippen LogP contribution >= 0.6 is 0 Å². The van der Waals surface area contributed by atoms with Crippen LogP contribution in [0.3, 0.4) is 0 Å². The minimum Gasteiger partial charge on any atom is -0.274 e. The van der Waals surface area contributed by atoms with E-state index in [1.54, 1.807) is 12.3 Å². The van der Waals surface area contributed by atoms with Crippen molar-refractivity contribution in [1.82, 2.24) is 5.43 Å². The fourth-order valence-electron chi connectivity index (χ4n) is 7.12. The third-order valence-electron chi connectivity index (χ3n) is 8.67. The number of nitro groups is 1. The number of imide groups is 1. The molecule has 1 aliphatic heterocycles. The van der Waals surface area contributed by atoms with E-state index in [-0.39, 0.29) is 23.7 Å². The van der Waals surface area contributed by atoms with E-state index in [4.69, 9.17) is 0 Å². The Balaban J connectivity index is 1.38. The first kappa shape index (κ1) is 25.5. The molecule has 4 aliphatic rings. The van der Waals surface area contributed by atoms with Gasteiger partial charge in [-0.25, -0.2) is 10.3 Å². The Morgan fingerprint density at radius 2 is 1.45 bits per heavy atom. The summed E-state index contributed by atoms with van der Waals surface area (Å²) in [7, 11) is 0. The van der Waals surface area contributed by atoms with Gasteiger partial charge in [0.05, 0.1) is 28.6 Å². The normalized spacial score (nSPS) is 23.4. The molecule has 4 aromatic rings. The largest absolute Gasteiger partial charge is 0.293 e. The van der Waals surface area contributed by atoms with Crippen LogP contribution in [-0.4, -0.2) is 28.9 Å². The molecule has 2 bridgehead atoms. The van der Waals surface area contributed by atoms with Crippen LogP contribution in [0.15, 0.2) is 108 Å². The number of nitrogens with zero attached hydrogens (tertiary/aromatic N) is 3. The van der Waals surface area contributed by atoms with Gasteiger partial charge >= 0.3 is 0 Å². The molecule has 206 valence electrons. The van der Waals surface area contributed by atoms with Crippen molar-refractivity contribution in [2.75, 3.05) is 4.90 Å². The second-order valence-electron chi connectivity index (χ2n) is 10.7. The highest BCUT2D eigenvalue weighted by molar-refractivity contribution is 6.25. The maximum Gasteiger partial charge on any atom is 0.293 e. The molecule has 8 rings (SSSR count). The second kappa shape index (κ2) is 9.59. The molecule has 0 spiro atoms. The number of benzene rings is 4. The molecule has 9 heteroatoms. The number of nitrogens with one attached hydrogen (secondary N) is 1. The Labute approximate surface area is 240 Å². The number of carbonyl (C=O) groups excluding carboxylic acids is 3. The first-order chi connectivity index (χ1) is 20.4. The number of anilines is 1. The van der Waals surface area contributed by atoms with Crippen molar-refractivity contribution in [1.29, 1.82) is 0 Å². The number of hydrogen-bond donors (Lipinski definition) is 1. The predicted octanol–water partition coefficient (Wildman–Crippen LogP) is 4.49. The van der Waals surface area contributed by atoms with Gasteiger partial charge in [-0.05, 0) is 33.9 Å². The van der Waals surface area contributed by atoms with Gasteiger partial charge in [0.15, 0.2) is 0 Å². The molecular formula is C33H24N4O5. The Hall–Kier alpha value is -5.44. The summed E-state index contributed by atoms with van der Waals surface area (Å²) < 4.78 is 0. The van der Waals surface area contributed by atoms with Crippen LogP contribution < -0.4 is 10.3 Å². The van der Waals surface area contributed by atoms with Gasteiger partial charge in [-0.15, -0.1) is 0 Å². The van der Waals surface area contributed by atoms with Gasteiger partial charge in [0.25, 0.3) is 5.69 Å². The van der Waals surface area contributed by atoms with E-state index >= 15 is 0 Å². The van der Waals surface area contributed by atoms with Gasteiger partial charge < -0.3 is 0 Å². The van der Waals surface area contributed by atoms with Gasteiger partial charge in [0, 0.05) is 18.2 Å². The summed E-state index contributed by atoms with van der Waals surface area (Å²) in [6.07, 6.45) is 1.70. The standard InChI is InChI=1S/C33H24N4O5/c38-27(18-20-10-2-1-3-11-20)35-34-19-33-23-14-6-4-12-21(23)28(22-13-5-7-15-24(22)33)29-30(33)32(40)36(31(29)39)25-16-8-9-17-26(25)37(41)42/h1-17,19,28-30H,18H2,(H,35,38)/b34-19-/t28?,29-,30-,33?/m1/s1. The lowest BCUT2D eigenvalue weighted by Crippen LogP contribution is -2.54. The van der Waals surface area contributed by atoms with E-state index in [2.05, 4.69) is 10.5 Å². The zero-order valence-electron chi connectivity index (χ0n) is 22.2. The maximum atomic E-state index is 14.4. The van der Waals surface area contributed by atoms with Gasteiger partial charge in [-0.3, -0.25) is 24.5 Å². The molecule has 42 heavy (non-hydrogen) atoms. The lowest BCUT2D eigenvalue weighted by molar-refractivity contribution is -0.384.